The first-order chi connectivity index (χ1) is 13.3. The molecule has 0 radical (unpaired) electrons. The normalized spacial score (nSPS) is 11.2. The first kappa shape index (κ1) is 19.4. The van der Waals surface area contributed by atoms with Crippen molar-refractivity contribution in [2.75, 3.05) is 11.0 Å². The molecule has 0 saturated heterocycles. The lowest BCUT2D eigenvalue weighted by Crippen LogP contribution is -2.15. The number of hydrogen-bond donors (Lipinski definition) is 1. The number of sulfonamides is 1. The Morgan fingerprint density at radius 2 is 1.93 bits per heavy atom. The van der Waals surface area contributed by atoms with Crippen LogP contribution in [0.4, 0.5) is 10.2 Å². The van der Waals surface area contributed by atoms with Crippen LogP contribution < -0.4 is 15.3 Å². The van der Waals surface area contributed by atoms with Crippen LogP contribution in [0.2, 0.25) is 0 Å². The van der Waals surface area contributed by atoms with Crippen molar-refractivity contribution in [3.8, 4) is 5.75 Å². The molecule has 28 heavy (non-hydrogen) atoms. The van der Waals surface area contributed by atoms with Crippen molar-refractivity contribution in [2.24, 2.45) is 0 Å². The van der Waals surface area contributed by atoms with Crippen LogP contribution in [-0.2, 0) is 21.4 Å². The molecule has 0 bridgehead atoms. The number of para-hydroxylation sites is 1. The summed E-state index contributed by atoms with van der Waals surface area (Å²) in [6, 6.07) is 11.0. The largest absolute Gasteiger partial charge is 0.457 e. The van der Waals surface area contributed by atoms with Crippen LogP contribution in [0.5, 0.6) is 5.75 Å². The minimum absolute atomic E-state index is 0.00770. The van der Waals surface area contributed by atoms with E-state index in [0.717, 1.165) is 12.3 Å². The molecule has 146 valence electrons. The van der Waals surface area contributed by atoms with Crippen LogP contribution in [0, 0.1) is 0 Å². The lowest BCUT2D eigenvalue weighted by molar-refractivity contribution is -0.00613. The SMILES string of the molecule is CS(=O)(=O)Nc1ccccc1C(=O)OCc1cc(=O)oc2cc(OF)ccc12. The molecule has 0 amide bonds. The fourth-order valence-electron chi connectivity index (χ4n) is 2.55. The van der Waals surface area contributed by atoms with Crippen molar-refractivity contribution in [1.82, 2.24) is 0 Å². The van der Waals surface area contributed by atoms with Gasteiger partial charge in [-0.2, -0.15) is 0 Å². The minimum Gasteiger partial charge on any atom is -0.457 e. The Morgan fingerprint density at radius 3 is 2.64 bits per heavy atom. The third-order valence-corrected chi connectivity index (χ3v) is 4.28. The van der Waals surface area contributed by atoms with Gasteiger partial charge < -0.3 is 9.15 Å². The number of carbonyl (C=O) groups excluding carboxylic acids is 1. The van der Waals surface area contributed by atoms with E-state index in [9.17, 15) is 22.5 Å². The van der Waals surface area contributed by atoms with Crippen LogP contribution in [0.25, 0.3) is 11.0 Å². The maximum Gasteiger partial charge on any atom is 0.340 e. The quantitative estimate of drug-likeness (QED) is 0.494. The lowest BCUT2D eigenvalue weighted by Gasteiger charge is -2.11. The molecule has 1 heterocycles. The van der Waals surface area contributed by atoms with E-state index in [-0.39, 0.29) is 29.2 Å². The maximum atomic E-state index is 12.4. The Hall–Kier alpha value is -3.40. The summed E-state index contributed by atoms with van der Waals surface area (Å²) in [6.07, 6.45) is 0.958. The zero-order valence-electron chi connectivity index (χ0n) is 14.5. The van der Waals surface area contributed by atoms with E-state index in [1.807, 2.05) is 0 Å². The van der Waals surface area contributed by atoms with Gasteiger partial charge in [-0.15, -0.1) is 0 Å². The third kappa shape index (κ3) is 4.46. The molecular formula is C18H14FNO7S. The number of esters is 1. The molecule has 0 fully saturated rings. The van der Waals surface area contributed by atoms with E-state index in [1.54, 1.807) is 12.1 Å². The summed E-state index contributed by atoms with van der Waals surface area (Å²) >= 11 is 0. The molecule has 1 aromatic heterocycles. The molecule has 0 spiro atoms. The number of hydrogen-bond acceptors (Lipinski definition) is 7. The predicted octanol–water partition coefficient (Wildman–Crippen LogP) is 2.78. The lowest BCUT2D eigenvalue weighted by atomic mass is 10.1. The average Bonchev–Trinajstić information content (AvgIpc) is 2.64. The summed E-state index contributed by atoms with van der Waals surface area (Å²) in [5.41, 5.74) is -0.245. The number of nitrogens with one attached hydrogen (secondary N) is 1. The highest BCUT2D eigenvalue weighted by atomic mass is 32.2. The Bertz CT molecular complexity index is 1200. The summed E-state index contributed by atoms with van der Waals surface area (Å²) in [5, 5.41) is 0.427. The van der Waals surface area contributed by atoms with Crippen molar-refractivity contribution >= 4 is 32.6 Å². The zero-order chi connectivity index (χ0) is 20.3. The second-order valence-corrected chi connectivity index (χ2v) is 7.57. The van der Waals surface area contributed by atoms with E-state index >= 15 is 0 Å². The number of fused-ring (bicyclic) bond motifs is 1. The highest BCUT2D eigenvalue weighted by molar-refractivity contribution is 7.92. The maximum absolute atomic E-state index is 12.4. The summed E-state index contributed by atoms with van der Waals surface area (Å²) in [7, 11) is -3.60. The molecule has 0 atom stereocenters. The van der Waals surface area contributed by atoms with Gasteiger partial charge in [0, 0.05) is 27.6 Å². The molecule has 0 aliphatic heterocycles. The summed E-state index contributed by atoms with van der Waals surface area (Å²) in [6.45, 7) is -0.288. The van der Waals surface area contributed by atoms with Gasteiger partial charge in [-0.05, 0) is 24.3 Å². The van der Waals surface area contributed by atoms with E-state index in [0.29, 0.717) is 10.9 Å². The molecule has 3 rings (SSSR count). The van der Waals surface area contributed by atoms with E-state index < -0.39 is 21.6 Å². The summed E-state index contributed by atoms with van der Waals surface area (Å²) in [5.74, 6) is -0.942. The number of benzene rings is 2. The average molecular weight is 407 g/mol. The van der Waals surface area contributed by atoms with Crippen molar-refractivity contribution < 1.29 is 31.8 Å². The molecule has 3 aromatic rings. The Balaban J connectivity index is 1.87. The number of anilines is 1. The molecule has 0 aliphatic rings. The smallest absolute Gasteiger partial charge is 0.340 e. The van der Waals surface area contributed by atoms with Crippen molar-refractivity contribution in [3.05, 3.63) is 70.1 Å². The Labute approximate surface area is 158 Å². The second-order valence-electron chi connectivity index (χ2n) is 5.82. The molecule has 0 aliphatic carbocycles. The number of carbonyl (C=O) groups is 1. The summed E-state index contributed by atoms with van der Waals surface area (Å²) in [4.78, 5) is 27.7. The van der Waals surface area contributed by atoms with Gasteiger partial charge in [0.25, 0.3) is 0 Å². The van der Waals surface area contributed by atoms with Gasteiger partial charge in [-0.3, -0.25) is 9.66 Å². The van der Waals surface area contributed by atoms with Crippen LogP contribution in [0.1, 0.15) is 15.9 Å². The monoisotopic (exact) mass is 407 g/mol. The topological polar surface area (TPSA) is 112 Å². The van der Waals surface area contributed by atoms with E-state index in [2.05, 4.69) is 9.66 Å². The highest BCUT2D eigenvalue weighted by Crippen LogP contribution is 2.24. The standard InChI is InChI=1S/C18H14FNO7S/c1-28(23,24)20-15-5-3-2-4-14(15)18(22)25-10-11-8-17(21)26-16-9-12(27-19)6-7-13(11)16/h2-9,20H,10H2,1H3. The van der Waals surface area contributed by atoms with Gasteiger partial charge in [-0.25, -0.2) is 18.0 Å². The first-order valence-corrected chi connectivity index (χ1v) is 9.75. The first-order valence-electron chi connectivity index (χ1n) is 7.86. The molecule has 1 N–H and O–H groups in total. The van der Waals surface area contributed by atoms with Crippen LogP contribution in [0.3, 0.4) is 0 Å². The van der Waals surface area contributed by atoms with Crippen LogP contribution in [-0.4, -0.2) is 20.6 Å². The third-order valence-electron chi connectivity index (χ3n) is 3.69. The van der Waals surface area contributed by atoms with Gasteiger partial charge in [0.2, 0.25) is 10.0 Å². The van der Waals surface area contributed by atoms with Crippen molar-refractivity contribution in [1.29, 1.82) is 0 Å². The summed E-state index contributed by atoms with van der Waals surface area (Å²) < 4.78 is 47.7. The zero-order valence-corrected chi connectivity index (χ0v) is 15.3. The highest BCUT2D eigenvalue weighted by Gasteiger charge is 2.16. The fourth-order valence-corrected chi connectivity index (χ4v) is 3.13. The van der Waals surface area contributed by atoms with Gasteiger partial charge in [0.15, 0.2) is 5.75 Å². The van der Waals surface area contributed by atoms with Crippen LogP contribution in [0.15, 0.2) is 57.7 Å². The van der Waals surface area contributed by atoms with E-state index in [1.165, 1.54) is 30.3 Å². The van der Waals surface area contributed by atoms with Gasteiger partial charge >= 0.3 is 11.6 Å². The second kappa shape index (κ2) is 7.69. The fraction of sp³-hybridized carbons (Fsp3) is 0.111. The van der Waals surface area contributed by atoms with Crippen LogP contribution >= 0.6 is 0 Å². The van der Waals surface area contributed by atoms with Crippen molar-refractivity contribution in [3.63, 3.8) is 0 Å². The minimum atomic E-state index is -3.60. The molecule has 0 saturated carbocycles. The number of ether oxygens (including phenoxy) is 1. The predicted molar refractivity (Wildman–Crippen MR) is 98.2 cm³/mol. The number of rotatable bonds is 6. The van der Waals surface area contributed by atoms with E-state index in [4.69, 9.17) is 9.15 Å². The molecule has 0 unspecified atom stereocenters. The van der Waals surface area contributed by atoms with Gasteiger partial charge in [0.05, 0.1) is 17.5 Å². The number of halogens is 1. The molecular weight excluding hydrogens is 393 g/mol. The Kier molecular flexibility index (Phi) is 5.32. The van der Waals surface area contributed by atoms with Crippen molar-refractivity contribution in [2.45, 2.75) is 6.61 Å². The van der Waals surface area contributed by atoms with Gasteiger partial charge in [-0.1, -0.05) is 12.1 Å². The molecule has 8 nitrogen and oxygen atoms in total. The molecule has 2 aromatic carbocycles. The van der Waals surface area contributed by atoms with Gasteiger partial charge in [0.1, 0.15) is 12.2 Å². The molecule has 10 heteroatoms. The Morgan fingerprint density at radius 1 is 1.18 bits per heavy atom.